The first-order valence-electron chi connectivity index (χ1n) is 3.50. The van der Waals surface area contributed by atoms with E-state index in [-0.39, 0.29) is 0 Å². The highest BCUT2D eigenvalue weighted by atomic mass is 35.5. The molecule has 1 aromatic rings. The third-order valence-corrected chi connectivity index (χ3v) is 1.69. The van der Waals surface area contributed by atoms with Crippen LogP contribution in [0.3, 0.4) is 0 Å². The molecule has 0 amide bonds. The van der Waals surface area contributed by atoms with Gasteiger partial charge in [-0.05, 0) is 20.2 Å². The van der Waals surface area contributed by atoms with Crippen molar-refractivity contribution in [3.8, 4) is 0 Å². The van der Waals surface area contributed by atoms with Crippen LogP contribution in [0, 0.1) is 0 Å². The first kappa shape index (κ1) is 8.62. The normalized spacial score (nSPS) is 10.9. The van der Waals surface area contributed by atoms with Crippen LogP contribution < -0.4 is 0 Å². The van der Waals surface area contributed by atoms with E-state index in [0.29, 0.717) is 5.88 Å². The number of hydrogen-bond donors (Lipinski definition) is 0. The molecule has 0 radical (unpaired) electrons. The molecule has 2 nitrogen and oxygen atoms in total. The first-order valence-corrected chi connectivity index (χ1v) is 4.03. The summed E-state index contributed by atoms with van der Waals surface area (Å²) in [7, 11) is 4.04. The van der Waals surface area contributed by atoms with E-state index < -0.39 is 0 Å². The summed E-state index contributed by atoms with van der Waals surface area (Å²) in [4.78, 5) is 2.08. The van der Waals surface area contributed by atoms with Crippen LogP contribution in [0.5, 0.6) is 0 Å². The van der Waals surface area contributed by atoms with Gasteiger partial charge in [-0.25, -0.2) is 0 Å². The van der Waals surface area contributed by atoms with Crippen molar-refractivity contribution in [3.63, 3.8) is 0 Å². The fraction of sp³-hybridized carbons (Fsp3) is 0.500. The third kappa shape index (κ3) is 2.24. The van der Waals surface area contributed by atoms with Gasteiger partial charge in [-0.2, -0.15) is 0 Å². The van der Waals surface area contributed by atoms with E-state index in [2.05, 4.69) is 4.90 Å². The zero-order valence-electron chi connectivity index (χ0n) is 6.80. The second-order valence-electron chi connectivity index (χ2n) is 2.74. The standard InChI is InChI=1S/C8H12ClNO/c1-10(2)6-7-3-4-11-8(7)5-9/h3-4H,5-6H2,1-2H3. The second-order valence-corrected chi connectivity index (χ2v) is 3.01. The molecule has 0 aliphatic carbocycles. The van der Waals surface area contributed by atoms with Crippen LogP contribution in [0.25, 0.3) is 0 Å². The Bertz CT molecular complexity index is 220. The Kier molecular flexibility index (Phi) is 2.97. The van der Waals surface area contributed by atoms with Crippen molar-refractivity contribution in [2.75, 3.05) is 14.1 Å². The Labute approximate surface area is 71.7 Å². The molecule has 62 valence electrons. The van der Waals surface area contributed by atoms with Gasteiger partial charge in [0.05, 0.1) is 12.1 Å². The topological polar surface area (TPSA) is 16.4 Å². The molecule has 1 rings (SSSR count). The van der Waals surface area contributed by atoms with Gasteiger partial charge in [-0.15, -0.1) is 11.6 Å². The molecule has 3 heteroatoms. The third-order valence-electron chi connectivity index (χ3n) is 1.45. The van der Waals surface area contributed by atoms with E-state index in [0.717, 1.165) is 12.3 Å². The number of hydrogen-bond acceptors (Lipinski definition) is 2. The summed E-state index contributed by atoms with van der Waals surface area (Å²) in [6.07, 6.45) is 1.68. The van der Waals surface area contributed by atoms with Crippen LogP contribution >= 0.6 is 11.6 Å². The number of nitrogens with zero attached hydrogens (tertiary/aromatic N) is 1. The number of rotatable bonds is 3. The van der Waals surface area contributed by atoms with Gasteiger partial charge < -0.3 is 9.32 Å². The lowest BCUT2D eigenvalue weighted by atomic mass is 10.2. The summed E-state index contributed by atoms with van der Waals surface area (Å²) >= 11 is 5.64. The highest BCUT2D eigenvalue weighted by Crippen LogP contribution is 2.13. The van der Waals surface area contributed by atoms with Gasteiger partial charge in [0.2, 0.25) is 0 Å². The van der Waals surface area contributed by atoms with Crippen LogP contribution in [0.1, 0.15) is 11.3 Å². The highest BCUT2D eigenvalue weighted by Gasteiger charge is 2.04. The quantitative estimate of drug-likeness (QED) is 0.651. The minimum absolute atomic E-state index is 0.455. The summed E-state index contributed by atoms with van der Waals surface area (Å²) in [5.41, 5.74) is 1.17. The fourth-order valence-corrected chi connectivity index (χ4v) is 1.20. The Hall–Kier alpha value is -0.470. The molecule has 0 aliphatic rings. The maximum Gasteiger partial charge on any atom is 0.122 e. The molecule has 11 heavy (non-hydrogen) atoms. The zero-order valence-corrected chi connectivity index (χ0v) is 7.56. The molecular formula is C8H12ClNO. The smallest absolute Gasteiger partial charge is 0.122 e. The van der Waals surface area contributed by atoms with Gasteiger partial charge in [0, 0.05) is 12.1 Å². The predicted molar refractivity (Wildman–Crippen MR) is 45.7 cm³/mol. The molecule has 0 saturated carbocycles. The Morgan fingerprint density at radius 2 is 2.27 bits per heavy atom. The molecule has 1 heterocycles. The van der Waals surface area contributed by atoms with E-state index >= 15 is 0 Å². The van der Waals surface area contributed by atoms with Crippen molar-refractivity contribution in [3.05, 3.63) is 23.7 Å². The van der Waals surface area contributed by atoms with E-state index in [1.54, 1.807) is 6.26 Å². The highest BCUT2D eigenvalue weighted by molar-refractivity contribution is 6.16. The second kappa shape index (κ2) is 3.79. The number of furan rings is 1. The first-order chi connectivity index (χ1) is 5.24. The molecule has 0 N–H and O–H groups in total. The van der Waals surface area contributed by atoms with Crippen LogP contribution in [0.4, 0.5) is 0 Å². The molecule has 0 unspecified atom stereocenters. The fourth-order valence-electron chi connectivity index (χ4n) is 0.966. The molecule has 0 atom stereocenters. The largest absolute Gasteiger partial charge is 0.468 e. The Balaban J connectivity index is 2.68. The molecular weight excluding hydrogens is 162 g/mol. The molecule has 0 spiro atoms. The SMILES string of the molecule is CN(C)Cc1ccoc1CCl. The Morgan fingerprint density at radius 1 is 1.55 bits per heavy atom. The van der Waals surface area contributed by atoms with Crippen molar-refractivity contribution in [1.29, 1.82) is 0 Å². The minimum Gasteiger partial charge on any atom is -0.468 e. The van der Waals surface area contributed by atoms with Crippen molar-refractivity contribution >= 4 is 11.6 Å². The van der Waals surface area contributed by atoms with Gasteiger partial charge in [-0.1, -0.05) is 0 Å². The van der Waals surface area contributed by atoms with Crippen molar-refractivity contribution in [1.82, 2.24) is 4.90 Å². The maximum absolute atomic E-state index is 5.64. The van der Waals surface area contributed by atoms with Gasteiger partial charge >= 0.3 is 0 Å². The van der Waals surface area contributed by atoms with Crippen molar-refractivity contribution in [2.24, 2.45) is 0 Å². The molecule has 0 saturated heterocycles. The lowest BCUT2D eigenvalue weighted by molar-refractivity contribution is 0.396. The van der Waals surface area contributed by atoms with Crippen LogP contribution in [0.2, 0.25) is 0 Å². The monoisotopic (exact) mass is 173 g/mol. The van der Waals surface area contributed by atoms with Crippen LogP contribution in [-0.4, -0.2) is 19.0 Å². The lowest BCUT2D eigenvalue weighted by Crippen LogP contribution is -2.10. The van der Waals surface area contributed by atoms with Gasteiger partial charge in [-0.3, -0.25) is 0 Å². The molecule has 1 aromatic heterocycles. The van der Waals surface area contributed by atoms with Gasteiger partial charge in [0.15, 0.2) is 0 Å². The van der Waals surface area contributed by atoms with E-state index in [1.165, 1.54) is 5.56 Å². The minimum atomic E-state index is 0.455. The van der Waals surface area contributed by atoms with Crippen LogP contribution in [0.15, 0.2) is 16.7 Å². The summed E-state index contributed by atoms with van der Waals surface area (Å²) < 4.78 is 5.16. The summed E-state index contributed by atoms with van der Waals surface area (Å²) in [6, 6.07) is 1.96. The molecule has 0 fully saturated rings. The zero-order chi connectivity index (χ0) is 8.27. The molecule has 0 aromatic carbocycles. The number of halogens is 1. The lowest BCUT2D eigenvalue weighted by Gasteiger charge is -2.07. The van der Waals surface area contributed by atoms with Crippen LogP contribution in [-0.2, 0) is 12.4 Å². The van der Waals surface area contributed by atoms with E-state index in [4.69, 9.17) is 16.0 Å². The summed E-state index contributed by atoms with van der Waals surface area (Å²) in [5, 5.41) is 0. The summed E-state index contributed by atoms with van der Waals surface area (Å²) in [6.45, 7) is 0.887. The van der Waals surface area contributed by atoms with Gasteiger partial charge in [0.25, 0.3) is 0 Å². The van der Waals surface area contributed by atoms with E-state index in [9.17, 15) is 0 Å². The maximum atomic E-state index is 5.64. The Morgan fingerprint density at radius 3 is 2.82 bits per heavy atom. The van der Waals surface area contributed by atoms with E-state index in [1.807, 2.05) is 20.2 Å². The average molecular weight is 174 g/mol. The van der Waals surface area contributed by atoms with Crippen molar-refractivity contribution in [2.45, 2.75) is 12.4 Å². The number of alkyl halides is 1. The summed E-state index contributed by atoms with van der Waals surface area (Å²) in [5.74, 6) is 1.33. The predicted octanol–water partition coefficient (Wildman–Crippen LogP) is 2.08. The van der Waals surface area contributed by atoms with Gasteiger partial charge in [0.1, 0.15) is 5.76 Å². The molecule has 0 bridgehead atoms. The van der Waals surface area contributed by atoms with Crippen molar-refractivity contribution < 1.29 is 4.42 Å². The average Bonchev–Trinajstić information content (AvgIpc) is 2.34. The molecule has 0 aliphatic heterocycles.